The summed E-state index contributed by atoms with van der Waals surface area (Å²) in [5, 5.41) is 18.8. The number of benzene rings is 3. The molecular formula is C34H34F3N5O4. The van der Waals surface area contributed by atoms with Crippen LogP contribution in [0.2, 0.25) is 0 Å². The summed E-state index contributed by atoms with van der Waals surface area (Å²) in [5.41, 5.74) is 0.925. The van der Waals surface area contributed by atoms with E-state index in [4.69, 9.17) is 9.15 Å². The minimum Gasteiger partial charge on any atom is -0.444 e. The molecule has 2 heterocycles. The van der Waals surface area contributed by atoms with Gasteiger partial charge in [-0.1, -0.05) is 36.4 Å². The number of aromatic nitrogens is 4. The van der Waals surface area contributed by atoms with Crippen molar-refractivity contribution in [2.75, 3.05) is 0 Å². The van der Waals surface area contributed by atoms with Crippen molar-refractivity contribution in [3.8, 4) is 34.0 Å². The van der Waals surface area contributed by atoms with E-state index in [0.29, 0.717) is 30.7 Å². The summed E-state index contributed by atoms with van der Waals surface area (Å²) in [6.45, 7) is 4.93. The molecule has 2 aromatic heterocycles. The number of alkyl halides is 3. The zero-order valence-corrected chi connectivity index (χ0v) is 25.9. The summed E-state index contributed by atoms with van der Waals surface area (Å²) in [6, 6.07) is 16.7. The van der Waals surface area contributed by atoms with Gasteiger partial charge in [0.2, 0.25) is 5.89 Å². The third-order valence-corrected chi connectivity index (χ3v) is 7.98. The average molecular weight is 634 g/mol. The van der Waals surface area contributed by atoms with E-state index in [1.54, 1.807) is 49.9 Å². The number of halogens is 3. The van der Waals surface area contributed by atoms with Crippen LogP contribution < -0.4 is 0 Å². The Morgan fingerprint density at radius 3 is 2.43 bits per heavy atom. The predicted octanol–water partition coefficient (Wildman–Crippen LogP) is 7.63. The molecule has 2 atom stereocenters. The van der Waals surface area contributed by atoms with Crippen molar-refractivity contribution in [3.63, 3.8) is 0 Å². The SMILES string of the molecule is Cn1cnnc1-c1ccccc1-c1cccc(-c2nc3cc(CN(C(=O)OC(C)(C)C)[C@H]4CCC[C@@H]4O)cc(C(F)(F)F)c3o2)c1. The molecule has 0 bridgehead atoms. The largest absolute Gasteiger partial charge is 0.444 e. The molecule has 12 heteroatoms. The fourth-order valence-corrected chi connectivity index (χ4v) is 5.91. The lowest BCUT2D eigenvalue weighted by atomic mass is 9.97. The quantitative estimate of drug-likeness (QED) is 0.205. The number of oxazole rings is 1. The molecule has 9 nitrogen and oxygen atoms in total. The van der Waals surface area contributed by atoms with Crippen molar-refractivity contribution in [1.29, 1.82) is 0 Å². The second kappa shape index (κ2) is 11.9. The van der Waals surface area contributed by atoms with Gasteiger partial charge < -0.3 is 18.8 Å². The van der Waals surface area contributed by atoms with E-state index in [1.807, 2.05) is 37.4 Å². The van der Waals surface area contributed by atoms with Gasteiger partial charge in [-0.3, -0.25) is 4.90 Å². The van der Waals surface area contributed by atoms with Gasteiger partial charge in [-0.05, 0) is 81.0 Å². The van der Waals surface area contributed by atoms with Gasteiger partial charge in [-0.25, -0.2) is 9.78 Å². The predicted molar refractivity (Wildman–Crippen MR) is 165 cm³/mol. The van der Waals surface area contributed by atoms with Gasteiger partial charge in [-0.15, -0.1) is 10.2 Å². The second-order valence-electron chi connectivity index (χ2n) is 12.6. The Morgan fingerprint density at radius 1 is 1.04 bits per heavy atom. The summed E-state index contributed by atoms with van der Waals surface area (Å²) in [5.74, 6) is 0.682. The molecule has 0 aliphatic heterocycles. The number of rotatable bonds is 6. The van der Waals surface area contributed by atoms with Gasteiger partial charge in [0.1, 0.15) is 23.0 Å². The minimum atomic E-state index is -4.76. The molecular weight excluding hydrogens is 599 g/mol. The van der Waals surface area contributed by atoms with Crippen molar-refractivity contribution in [3.05, 3.63) is 78.1 Å². The van der Waals surface area contributed by atoms with E-state index in [2.05, 4.69) is 15.2 Å². The molecule has 5 aromatic rings. The molecule has 0 saturated heterocycles. The molecule has 1 aliphatic carbocycles. The molecule has 1 fully saturated rings. The molecule has 3 aromatic carbocycles. The maximum absolute atomic E-state index is 14.4. The number of aliphatic hydroxyl groups excluding tert-OH is 1. The Labute approximate surface area is 263 Å². The highest BCUT2D eigenvalue weighted by Gasteiger charge is 2.38. The van der Waals surface area contributed by atoms with Crippen LogP contribution in [0.25, 0.3) is 45.1 Å². The van der Waals surface area contributed by atoms with E-state index in [9.17, 15) is 23.1 Å². The normalized spacial score (nSPS) is 17.0. The molecule has 1 amide bonds. The number of nitrogens with zero attached hydrogens (tertiary/aromatic N) is 5. The smallest absolute Gasteiger partial charge is 0.420 e. The maximum atomic E-state index is 14.4. The first-order chi connectivity index (χ1) is 21.8. The molecule has 0 unspecified atom stereocenters. The van der Waals surface area contributed by atoms with E-state index >= 15 is 0 Å². The minimum absolute atomic E-state index is 0.000761. The number of aryl methyl sites for hydroxylation is 1. The highest BCUT2D eigenvalue weighted by Crippen LogP contribution is 2.39. The molecule has 240 valence electrons. The van der Waals surface area contributed by atoms with Crippen LogP contribution in [0, 0.1) is 0 Å². The van der Waals surface area contributed by atoms with Gasteiger partial charge in [0.15, 0.2) is 11.4 Å². The van der Waals surface area contributed by atoms with Crippen LogP contribution in [0.15, 0.2) is 71.4 Å². The third kappa shape index (κ3) is 6.34. The topological polar surface area (TPSA) is 107 Å². The van der Waals surface area contributed by atoms with Crippen LogP contribution in [-0.2, 0) is 24.5 Å². The number of ether oxygens (including phenoxy) is 1. The summed E-state index contributed by atoms with van der Waals surface area (Å²) in [7, 11) is 1.84. The maximum Gasteiger partial charge on any atom is 0.420 e. The number of fused-ring (bicyclic) bond motifs is 1. The average Bonchev–Trinajstić information content (AvgIpc) is 3.73. The van der Waals surface area contributed by atoms with E-state index in [-0.39, 0.29) is 23.5 Å². The lowest BCUT2D eigenvalue weighted by molar-refractivity contribution is -0.136. The van der Waals surface area contributed by atoms with Gasteiger partial charge in [-0.2, -0.15) is 13.2 Å². The van der Waals surface area contributed by atoms with Crippen molar-refractivity contribution in [2.24, 2.45) is 7.05 Å². The van der Waals surface area contributed by atoms with Crippen LogP contribution >= 0.6 is 0 Å². The van der Waals surface area contributed by atoms with Crippen LogP contribution in [0.5, 0.6) is 0 Å². The van der Waals surface area contributed by atoms with Crippen molar-refractivity contribution in [1.82, 2.24) is 24.6 Å². The second-order valence-corrected chi connectivity index (χ2v) is 12.6. The molecule has 46 heavy (non-hydrogen) atoms. The molecule has 1 aliphatic rings. The first kappa shape index (κ1) is 31.3. The standard InChI is InChI=1S/C34H34F3N5O4/c1-33(2,3)46-32(44)42(27-13-8-14-28(27)43)18-20-15-25(34(35,36)37)29-26(16-20)39-31(45-29)22-10-7-9-21(17-22)23-11-5-6-12-24(23)30-40-38-19-41(30)4/h5-7,9-12,15-17,19,27-28,43H,8,13-14,18H2,1-4H3/t27-,28-/m0/s1. The van der Waals surface area contributed by atoms with Gasteiger partial charge in [0.25, 0.3) is 0 Å². The van der Waals surface area contributed by atoms with E-state index in [1.165, 1.54) is 11.0 Å². The Kier molecular flexibility index (Phi) is 8.09. The number of hydrogen-bond donors (Lipinski definition) is 1. The van der Waals surface area contributed by atoms with Crippen LogP contribution in [0.1, 0.15) is 51.2 Å². The van der Waals surface area contributed by atoms with E-state index in [0.717, 1.165) is 22.8 Å². The number of aliphatic hydroxyl groups is 1. The van der Waals surface area contributed by atoms with Gasteiger partial charge in [0.05, 0.1) is 12.1 Å². The Hall–Kier alpha value is -4.71. The zero-order valence-electron chi connectivity index (χ0n) is 25.9. The molecule has 0 radical (unpaired) electrons. The van der Waals surface area contributed by atoms with Crippen LogP contribution in [0.3, 0.4) is 0 Å². The highest BCUT2D eigenvalue weighted by molar-refractivity contribution is 5.84. The Balaban J connectivity index is 1.40. The zero-order chi connectivity index (χ0) is 32.8. The summed E-state index contributed by atoms with van der Waals surface area (Å²) < 4.78 is 56.5. The lowest BCUT2D eigenvalue weighted by Crippen LogP contribution is -2.46. The monoisotopic (exact) mass is 633 g/mol. The lowest BCUT2D eigenvalue weighted by Gasteiger charge is -2.33. The fraction of sp³-hybridized carbons (Fsp3) is 0.353. The molecule has 1 saturated carbocycles. The van der Waals surface area contributed by atoms with Crippen molar-refractivity contribution in [2.45, 2.75) is 70.5 Å². The van der Waals surface area contributed by atoms with Gasteiger partial charge in [0, 0.05) is 24.7 Å². The van der Waals surface area contributed by atoms with Crippen molar-refractivity contribution < 1.29 is 32.2 Å². The van der Waals surface area contributed by atoms with Crippen molar-refractivity contribution >= 4 is 17.2 Å². The van der Waals surface area contributed by atoms with Crippen LogP contribution in [-0.4, -0.2) is 53.6 Å². The molecule has 1 N–H and O–H groups in total. The van der Waals surface area contributed by atoms with Crippen LogP contribution in [0.4, 0.5) is 18.0 Å². The first-order valence-corrected chi connectivity index (χ1v) is 15.0. The van der Waals surface area contributed by atoms with Gasteiger partial charge >= 0.3 is 12.3 Å². The Morgan fingerprint density at radius 2 is 1.78 bits per heavy atom. The number of amides is 1. The fourth-order valence-electron chi connectivity index (χ4n) is 5.91. The summed E-state index contributed by atoms with van der Waals surface area (Å²) >= 11 is 0. The summed E-state index contributed by atoms with van der Waals surface area (Å²) in [4.78, 5) is 19.0. The molecule has 6 rings (SSSR count). The number of carbonyl (C=O) groups excluding carboxylic acids is 1. The highest BCUT2D eigenvalue weighted by atomic mass is 19.4. The summed E-state index contributed by atoms with van der Waals surface area (Å²) in [6.07, 6.45) is -2.96. The number of hydrogen-bond acceptors (Lipinski definition) is 7. The molecule has 0 spiro atoms. The first-order valence-electron chi connectivity index (χ1n) is 15.0. The Bertz CT molecular complexity index is 1890. The van der Waals surface area contributed by atoms with E-state index < -0.39 is 41.2 Å². The number of carbonyl (C=O) groups is 1. The third-order valence-electron chi connectivity index (χ3n) is 7.98.